The number of carbonyl (C=O) groups excluding carboxylic acids is 1. The summed E-state index contributed by atoms with van der Waals surface area (Å²) in [6.07, 6.45) is 1.08. The van der Waals surface area contributed by atoms with Crippen LogP contribution in [0.2, 0.25) is 0 Å². The molecule has 22 heavy (non-hydrogen) atoms. The molecule has 1 rings (SSSR count). The predicted octanol–water partition coefficient (Wildman–Crippen LogP) is 1.74. The van der Waals surface area contributed by atoms with E-state index in [1.54, 1.807) is 5.01 Å². The van der Waals surface area contributed by atoms with Crippen molar-refractivity contribution in [1.82, 2.24) is 5.01 Å². The maximum atomic E-state index is 11.7. The molecule has 6 nitrogen and oxygen atoms in total. The molecule has 0 aromatic heterocycles. The quantitative estimate of drug-likeness (QED) is 0.329. The summed E-state index contributed by atoms with van der Waals surface area (Å²) in [5.74, 6) is 4.41. The number of carbonyl (C=O) groups is 2. The lowest BCUT2D eigenvalue weighted by molar-refractivity contribution is -0.145. The number of hydrogen-bond acceptors (Lipinski definition) is 5. The van der Waals surface area contributed by atoms with E-state index in [-0.39, 0.29) is 0 Å². The second-order valence-electron chi connectivity index (χ2n) is 5.36. The minimum Gasteiger partial charge on any atom is -0.478 e. The SMILES string of the molecule is CC(C)CN(N)CC(OC(=O)/C=C/C(=O)O)c1ccccc1. The number of nitrogens with zero attached hydrogens (tertiary/aromatic N) is 1. The largest absolute Gasteiger partial charge is 0.478 e. The van der Waals surface area contributed by atoms with E-state index in [1.165, 1.54) is 0 Å². The minimum atomic E-state index is -1.20. The normalized spacial score (nSPS) is 12.8. The first-order valence-electron chi connectivity index (χ1n) is 7.04. The topological polar surface area (TPSA) is 92.9 Å². The smallest absolute Gasteiger partial charge is 0.331 e. The molecule has 0 bridgehead atoms. The summed E-state index contributed by atoms with van der Waals surface area (Å²) in [7, 11) is 0. The van der Waals surface area contributed by atoms with Crippen molar-refractivity contribution in [3.05, 3.63) is 48.0 Å². The Morgan fingerprint density at radius 2 is 1.86 bits per heavy atom. The third-order valence-electron chi connectivity index (χ3n) is 2.79. The van der Waals surface area contributed by atoms with Crippen molar-refractivity contribution >= 4 is 11.9 Å². The highest BCUT2D eigenvalue weighted by molar-refractivity contribution is 5.90. The Morgan fingerprint density at radius 3 is 2.41 bits per heavy atom. The molecule has 0 heterocycles. The van der Waals surface area contributed by atoms with Gasteiger partial charge in [0, 0.05) is 18.7 Å². The van der Waals surface area contributed by atoms with Crippen LogP contribution in [0.3, 0.4) is 0 Å². The number of carboxylic acid groups (broad SMARTS) is 1. The van der Waals surface area contributed by atoms with E-state index < -0.39 is 18.0 Å². The van der Waals surface area contributed by atoms with Crippen LogP contribution in [0.5, 0.6) is 0 Å². The maximum absolute atomic E-state index is 11.7. The number of hydrogen-bond donors (Lipinski definition) is 2. The summed E-state index contributed by atoms with van der Waals surface area (Å²) in [5, 5.41) is 10.1. The van der Waals surface area contributed by atoms with E-state index in [9.17, 15) is 9.59 Å². The van der Waals surface area contributed by atoms with E-state index in [2.05, 4.69) is 0 Å². The van der Waals surface area contributed by atoms with Crippen LogP contribution in [-0.2, 0) is 14.3 Å². The molecule has 0 aliphatic carbocycles. The van der Waals surface area contributed by atoms with Crippen LogP contribution in [0.15, 0.2) is 42.5 Å². The van der Waals surface area contributed by atoms with Crippen LogP contribution in [0, 0.1) is 5.92 Å². The first kappa shape index (κ1) is 17.9. The monoisotopic (exact) mass is 306 g/mol. The Kier molecular flexibility index (Phi) is 7.28. The highest BCUT2D eigenvalue weighted by atomic mass is 16.5. The van der Waals surface area contributed by atoms with Gasteiger partial charge in [0.1, 0.15) is 6.10 Å². The number of rotatable bonds is 8. The summed E-state index contributed by atoms with van der Waals surface area (Å²) in [6, 6.07) is 9.21. The zero-order valence-electron chi connectivity index (χ0n) is 12.8. The highest BCUT2D eigenvalue weighted by Crippen LogP contribution is 2.18. The number of benzene rings is 1. The van der Waals surface area contributed by atoms with Crippen molar-refractivity contribution in [2.75, 3.05) is 13.1 Å². The first-order valence-corrected chi connectivity index (χ1v) is 7.04. The summed E-state index contributed by atoms with van der Waals surface area (Å²) < 4.78 is 5.33. The molecule has 0 aliphatic rings. The Morgan fingerprint density at radius 1 is 1.23 bits per heavy atom. The van der Waals surface area contributed by atoms with Gasteiger partial charge in [0.15, 0.2) is 0 Å². The van der Waals surface area contributed by atoms with E-state index in [1.807, 2.05) is 44.2 Å². The fraction of sp³-hybridized carbons (Fsp3) is 0.375. The van der Waals surface area contributed by atoms with Gasteiger partial charge in [0.2, 0.25) is 0 Å². The van der Waals surface area contributed by atoms with Gasteiger partial charge in [-0.3, -0.25) is 5.84 Å². The lowest BCUT2D eigenvalue weighted by Gasteiger charge is -2.25. The van der Waals surface area contributed by atoms with Gasteiger partial charge in [0.25, 0.3) is 0 Å². The number of aliphatic carboxylic acids is 1. The standard InChI is InChI=1S/C16H22N2O4/c1-12(2)10-18(17)11-14(13-6-4-3-5-7-13)22-16(21)9-8-15(19)20/h3-9,12,14H,10-11,17H2,1-2H3,(H,19,20)/b9-8+. The number of nitrogens with two attached hydrogens (primary N) is 1. The Bertz CT molecular complexity index is 514. The average molecular weight is 306 g/mol. The fourth-order valence-corrected chi connectivity index (χ4v) is 1.95. The predicted molar refractivity (Wildman–Crippen MR) is 82.6 cm³/mol. The lowest BCUT2D eigenvalue weighted by Crippen LogP contribution is -2.38. The molecule has 0 saturated heterocycles. The highest BCUT2D eigenvalue weighted by Gasteiger charge is 2.18. The molecule has 0 saturated carbocycles. The molecule has 0 aliphatic heterocycles. The van der Waals surface area contributed by atoms with Crippen LogP contribution in [0.4, 0.5) is 0 Å². The number of esters is 1. The molecule has 1 unspecified atom stereocenters. The summed E-state index contributed by atoms with van der Waals surface area (Å²) >= 11 is 0. The van der Waals surface area contributed by atoms with Crippen molar-refractivity contribution in [2.24, 2.45) is 11.8 Å². The van der Waals surface area contributed by atoms with E-state index >= 15 is 0 Å². The fourth-order valence-electron chi connectivity index (χ4n) is 1.95. The van der Waals surface area contributed by atoms with Crippen LogP contribution < -0.4 is 5.84 Å². The lowest BCUT2D eigenvalue weighted by atomic mass is 10.1. The van der Waals surface area contributed by atoms with Gasteiger partial charge in [-0.25, -0.2) is 14.6 Å². The molecule has 1 aromatic carbocycles. The van der Waals surface area contributed by atoms with Crippen molar-refractivity contribution in [3.8, 4) is 0 Å². The van der Waals surface area contributed by atoms with Crippen molar-refractivity contribution in [1.29, 1.82) is 0 Å². The minimum absolute atomic E-state index is 0.328. The van der Waals surface area contributed by atoms with Crippen LogP contribution in [0.25, 0.3) is 0 Å². The van der Waals surface area contributed by atoms with Gasteiger partial charge in [0.05, 0.1) is 6.54 Å². The zero-order valence-corrected chi connectivity index (χ0v) is 12.8. The Hall–Kier alpha value is -2.18. The van der Waals surface area contributed by atoms with E-state index in [0.717, 1.165) is 17.7 Å². The van der Waals surface area contributed by atoms with E-state index in [4.69, 9.17) is 15.7 Å². The van der Waals surface area contributed by atoms with Crippen LogP contribution in [0.1, 0.15) is 25.5 Å². The molecule has 1 atom stereocenters. The molecule has 0 amide bonds. The van der Waals surface area contributed by atoms with Gasteiger partial charge >= 0.3 is 11.9 Å². The second kappa shape index (κ2) is 8.96. The van der Waals surface area contributed by atoms with Gasteiger partial charge in [-0.15, -0.1) is 0 Å². The Labute approximate surface area is 130 Å². The number of ether oxygens (including phenoxy) is 1. The van der Waals surface area contributed by atoms with Crippen molar-refractivity contribution in [2.45, 2.75) is 20.0 Å². The van der Waals surface area contributed by atoms with Gasteiger partial charge < -0.3 is 9.84 Å². The van der Waals surface area contributed by atoms with Gasteiger partial charge in [-0.05, 0) is 11.5 Å². The third-order valence-corrected chi connectivity index (χ3v) is 2.79. The third kappa shape index (κ3) is 7.01. The van der Waals surface area contributed by atoms with Gasteiger partial charge in [-0.1, -0.05) is 44.2 Å². The van der Waals surface area contributed by atoms with E-state index in [0.29, 0.717) is 19.0 Å². The first-order chi connectivity index (χ1) is 10.4. The molecular weight excluding hydrogens is 284 g/mol. The van der Waals surface area contributed by atoms with Crippen LogP contribution in [-0.4, -0.2) is 35.1 Å². The molecule has 0 spiro atoms. The molecule has 0 radical (unpaired) electrons. The average Bonchev–Trinajstić information content (AvgIpc) is 2.44. The van der Waals surface area contributed by atoms with Crippen molar-refractivity contribution < 1.29 is 19.4 Å². The molecule has 1 aromatic rings. The van der Waals surface area contributed by atoms with Gasteiger partial charge in [-0.2, -0.15) is 0 Å². The molecule has 3 N–H and O–H groups in total. The van der Waals surface area contributed by atoms with Crippen molar-refractivity contribution in [3.63, 3.8) is 0 Å². The number of carboxylic acids is 1. The second-order valence-corrected chi connectivity index (χ2v) is 5.36. The molecule has 0 fully saturated rings. The maximum Gasteiger partial charge on any atom is 0.331 e. The zero-order chi connectivity index (χ0) is 16.5. The number of hydrazine groups is 1. The molecule has 6 heteroatoms. The summed E-state index contributed by atoms with van der Waals surface area (Å²) in [6.45, 7) is 5.07. The molecule has 120 valence electrons. The van der Waals surface area contributed by atoms with Crippen LogP contribution >= 0.6 is 0 Å². The summed E-state index contributed by atoms with van der Waals surface area (Å²) in [5.41, 5.74) is 0.804. The molecular formula is C16H22N2O4. The Balaban J connectivity index is 2.79. The summed E-state index contributed by atoms with van der Waals surface area (Å²) in [4.78, 5) is 22.1.